The van der Waals surface area contributed by atoms with E-state index in [1.54, 1.807) is 7.05 Å². The van der Waals surface area contributed by atoms with Crippen molar-refractivity contribution >= 4 is 11.9 Å². The first-order valence-electron chi connectivity index (χ1n) is 11.1. The fraction of sp³-hybridized carbons (Fsp3) is 0.440. The summed E-state index contributed by atoms with van der Waals surface area (Å²) >= 11 is 0. The summed E-state index contributed by atoms with van der Waals surface area (Å²) in [6.45, 7) is 7.74. The van der Waals surface area contributed by atoms with Gasteiger partial charge in [-0.05, 0) is 42.5 Å². The number of aliphatic imine (C=N–C) groups is 1. The summed E-state index contributed by atoms with van der Waals surface area (Å²) in [5.41, 5.74) is 4.62. The van der Waals surface area contributed by atoms with E-state index < -0.39 is 0 Å². The molecule has 0 spiro atoms. The minimum Gasteiger partial charge on any atom is -0.493 e. The molecule has 0 aromatic heterocycles. The Hall–Kier alpha value is -3.02. The van der Waals surface area contributed by atoms with Gasteiger partial charge in [0.05, 0.1) is 6.61 Å². The van der Waals surface area contributed by atoms with Gasteiger partial charge in [0, 0.05) is 45.2 Å². The average Bonchev–Trinajstić information content (AvgIpc) is 3.18. The summed E-state index contributed by atoms with van der Waals surface area (Å²) in [5.74, 6) is 1.92. The predicted octanol–water partition coefficient (Wildman–Crippen LogP) is 3.77. The van der Waals surface area contributed by atoms with Crippen LogP contribution in [-0.4, -0.2) is 37.0 Å². The maximum absolute atomic E-state index is 11.9. The predicted molar refractivity (Wildman–Crippen MR) is 125 cm³/mol. The molecule has 2 aromatic carbocycles. The molecular weight excluding hydrogens is 388 g/mol. The molecule has 1 aliphatic rings. The quantitative estimate of drug-likeness (QED) is 0.477. The van der Waals surface area contributed by atoms with Crippen LogP contribution in [0.3, 0.4) is 0 Å². The van der Waals surface area contributed by atoms with Crippen LogP contribution >= 0.6 is 0 Å². The number of ether oxygens (including phenoxy) is 1. The van der Waals surface area contributed by atoms with Crippen LogP contribution in [0.5, 0.6) is 5.75 Å². The summed E-state index contributed by atoms with van der Waals surface area (Å²) in [6, 6.07) is 14.7. The zero-order chi connectivity index (χ0) is 22.1. The average molecular weight is 423 g/mol. The van der Waals surface area contributed by atoms with Crippen molar-refractivity contribution in [2.45, 2.75) is 52.7 Å². The fourth-order valence-corrected chi connectivity index (χ4v) is 3.67. The fourth-order valence-electron chi connectivity index (χ4n) is 3.67. The summed E-state index contributed by atoms with van der Waals surface area (Å²) < 4.78 is 5.91. The number of hydrogen-bond acceptors (Lipinski definition) is 3. The molecule has 0 bridgehead atoms. The van der Waals surface area contributed by atoms with E-state index in [1.807, 2.05) is 11.0 Å². The van der Waals surface area contributed by atoms with Crippen molar-refractivity contribution in [1.29, 1.82) is 0 Å². The molecule has 2 N–H and O–H groups in total. The molecule has 6 nitrogen and oxygen atoms in total. The molecule has 0 atom stereocenters. The van der Waals surface area contributed by atoms with E-state index in [4.69, 9.17) is 4.74 Å². The molecule has 1 heterocycles. The molecular formula is C25H34N4O2. The van der Waals surface area contributed by atoms with Crippen LogP contribution in [0.15, 0.2) is 47.5 Å². The van der Waals surface area contributed by atoms with Crippen molar-refractivity contribution in [2.75, 3.05) is 20.2 Å². The number of hydrogen-bond donors (Lipinski definition) is 2. The Morgan fingerprint density at radius 3 is 2.68 bits per heavy atom. The number of rotatable bonds is 9. The smallest absolute Gasteiger partial charge is 0.222 e. The molecule has 31 heavy (non-hydrogen) atoms. The number of guanidine groups is 1. The highest BCUT2D eigenvalue weighted by molar-refractivity contribution is 5.79. The first kappa shape index (κ1) is 22.7. The van der Waals surface area contributed by atoms with Gasteiger partial charge in [0.1, 0.15) is 5.75 Å². The zero-order valence-electron chi connectivity index (χ0n) is 18.9. The number of likely N-dealkylation sites (tertiary alicyclic amines) is 1. The van der Waals surface area contributed by atoms with Gasteiger partial charge in [0.2, 0.25) is 5.91 Å². The molecule has 6 heteroatoms. The molecule has 1 fully saturated rings. The van der Waals surface area contributed by atoms with Gasteiger partial charge < -0.3 is 20.3 Å². The highest BCUT2D eigenvalue weighted by Crippen LogP contribution is 2.20. The van der Waals surface area contributed by atoms with E-state index in [2.05, 4.69) is 65.9 Å². The van der Waals surface area contributed by atoms with E-state index >= 15 is 0 Å². The highest BCUT2D eigenvalue weighted by atomic mass is 16.5. The second-order valence-electron chi connectivity index (χ2n) is 7.98. The van der Waals surface area contributed by atoms with Crippen LogP contribution in [-0.2, 0) is 24.4 Å². The van der Waals surface area contributed by atoms with Crippen LogP contribution in [0.4, 0.5) is 0 Å². The Labute approximate surface area is 185 Å². The Bertz CT molecular complexity index is 910. The van der Waals surface area contributed by atoms with E-state index in [0.29, 0.717) is 32.7 Å². The Morgan fingerprint density at radius 1 is 1.13 bits per heavy atom. The highest BCUT2D eigenvalue weighted by Gasteiger charge is 2.19. The maximum Gasteiger partial charge on any atom is 0.222 e. The summed E-state index contributed by atoms with van der Waals surface area (Å²) in [6.07, 6.45) is 2.62. The van der Waals surface area contributed by atoms with E-state index in [-0.39, 0.29) is 5.91 Å². The van der Waals surface area contributed by atoms with Gasteiger partial charge in [0.25, 0.3) is 0 Å². The van der Waals surface area contributed by atoms with Crippen molar-refractivity contribution in [1.82, 2.24) is 15.5 Å². The molecule has 3 rings (SSSR count). The van der Waals surface area contributed by atoms with Gasteiger partial charge in [-0.1, -0.05) is 43.3 Å². The molecule has 0 aliphatic carbocycles. The first-order chi connectivity index (χ1) is 15.1. The molecule has 0 radical (unpaired) electrons. The molecule has 1 aliphatic heterocycles. The largest absolute Gasteiger partial charge is 0.493 e. The van der Waals surface area contributed by atoms with Crippen molar-refractivity contribution in [2.24, 2.45) is 4.99 Å². The standard InChI is InChI=1S/C25H34N4O2/c1-4-13-31-23-14-19(2)10-11-22(23)17-28-25(26-3)27-16-20-7-5-8-21(15-20)18-29-12-6-9-24(29)30/h5,7-8,10-11,14-15H,4,6,9,12-13,16-18H2,1-3H3,(H2,26,27,28). The summed E-state index contributed by atoms with van der Waals surface area (Å²) in [4.78, 5) is 18.2. The Morgan fingerprint density at radius 2 is 1.94 bits per heavy atom. The van der Waals surface area contributed by atoms with Crippen molar-refractivity contribution < 1.29 is 9.53 Å². The monoisotopic (exact) mass is 422 g/mol. The third-order valence-corrected chi connectivity index (χ3v) is 5.35. The second kappa shape index (κ2) is 11.4. The summed E-state index contributed by atoms with van der Waals surface area (Å²) in [5, 5.41) is 6.75. The van der Waals surface area contributed by atoms with Gasteiger partial charge in [-0.3, -0.25) is 9.79 Å². The molecule has 166 valence electrons. The van der Waals surface area contributed by atoms with Crippen molar-refractivity contribution in [3.8, 4) is 5.75 Å². The zero-order valence-corrected chi connectivity index (χ0v) is 18.9. The number of amides is 1. The third kappa shape index (κ3) is 6.74. The van der Waals surface area contributed by atoms with Crippen LogP contribution in [0, 0.1) is 6.92 Å². The van der Waals surface area contributed by atoms with E-state index in [1.165, 1.54) is 5.56 Å². The van der Waals surface area contributed by atoms with Gasteiger partial charge in [0.15, 0.2) is 5.96 Å². The minimum atomic E-state index is 0.256. The van der Waals surface area contributed by atoms with E-state index in [0.717, 1.165) is 47.8 Å². The number of nitrogens with one attached hydrogen (secondary N) is 2. The third-order valence-electron chi connectivity index (χ3n) is 5.35. The SMILES string of the molecule is CCCOc1cc(C)ccc1CNC(=NC)NCc1cccc(CN2CCCC2=O)c1. The number of aryl methyl sites for hydroxylation is 1. The first-order valence-corrected chi connectivity index (χ1v) is 11.1. The normalized spacial score (nSPS) is 14.1. The molecule has 1 amide bonds. The van der Waals surface area contributed by atoms with Gasteiger partial charge in [-0.25, -0.2) is 0 Å². The van der Waals surface area contributed by atoms with Crippen LogP contribution in [0.2, 0.25) is 0 Å². The molecule has 2 aromatic rings. The van der Waals surface area contributed by atoms with Crippen molar-refractivity contribution in [3.63, 3.8) is 0 Å². The number of carbonyl (C=O) groups excluding carboxylic acids is 1. The molecule has 0 saturated carbocycles. The number of carbonyl (C=O) groups is 1. The lowest BCUT2D eigenvalue weighted by Gasteiger charge is -2.17. The number of benzene rings is 2. The molecule has 1 saturated heterocycles. The minimum absolute atomic E-state index is 0.256. The lowest BCUT2D eigenvalue weighted by atomic mass is 10.1. The number of nitrogens with zero attached hydrogens (tertiary/aromatic N) is 2. The van der Waals surface area contributed by atoms with Crippen LogP contribution < -0.4 is 15.4 Å². The second-order valence-corrected chi connectivity index (χ2v) is 7.98. The van der Waals surface area contributed by atoms with Crippen LogP contribution in [0.1, 0.15) is 48.4 Å². The van der Waals surface area contributed by atoms with E-state index in [9.17, 15) is 4.79 Å². The van der Waals surface area contributed by atoms with Crippen molar-refractivity contribution in [3.05, 3.63) is 64.7 Å². The molecule has 0 unspecified atom stereocenters. The Kier molecular flexibility index (Phi) is 8.33. The topological polar surface area (TPSA) is 66.0 Å². The maximum atomic E-state index is 11.9. The lowest BCUT2D eigenvalue weighted by Crippen LogP contribution is -2.36. The lowest BCUT2D eigenvalue weighted by molar-refractivity contribution is -0.128. The Balaban J connectivity index is 1.54. The van der Waals surface area contributed by atoms with Gasteiger partial charge in [-0.15, -0.1) is 0 Å². The summed E-state index contributed by atoms with van der Waals surface area (Å²) in [7, 11) is 1.77. The van der Waals surface area contributed by atoms with Crippen LogP contribution in [0.25, 0.3) is 0 Å². The van der Waals surface area contributed by atoms with Gasteiger partial charge >= 0.3 is 0 Å². The van der Waals surface area contributed by atoms with Gasteiger partial charge in [-0.2, -0.15) is 0 Å².